The maximum atomic E-state index is 12.4. The van der Waals surface area contributed by atoms with Crippen molar-refractivity contribution in [2.45, 2.75) is 38.9 Å². The molecule has 8 heteroatoms. The molecule has 1 unspecified atom stereocenters. The molecule has 1 aliphatic heterocycles. The molecule has 0 saturated carbocycles. The number of rotatable bonds is 8. The van der Waals surface area contributed by atoms with Gasteiger partial charge in [-0.1, -0.05) is 23.7 Å². The average Bonchev–Trinajstić information content (AvgIpc) is 3.24. The van der Waals surface area contributed by atoms with E-state index in [1.54, 1.807) is 36.9 Å². The molecule has 33 heavy (non-hydrogen) atoms. The van der Waals surface area contributed by atoms with E-state index in [1.807, 2.05) is 30.3 Å². The SMILES string of the molecule is CCOC(=O)c1cc(Cc2ccc(OC3CCCCO3)cc2)n(-c2ccc(Cl)cc2OC)n1. The first-order chi connectivity index (χ1) is 16.1. The molecule has 2 heterocycles. The summed E-state index contributed by atoms with van der Waals surface area (Å²) in [4.78, 5) is 12.4. The standard InChI is InChI=1S/C25H27ClN2O5/c1-3-31-25(29)21-16-19(28(27-21)22-12-9-18(26)15-23(22)30-2)14-17-7-10-20(11-8-17)33-24-6-4-5-13-32-24/h7-12,15-16,24H,3-6,13-14H2,1-2H3. The zero-order valence-electron chi connectivity index (χ0n) is 18.8. The lowest BCUT2D eigenvalue weighted by Gasteiger charge is -2.23. The van der Waals surface area contributed by atoms with Crippen LogP contribution in [0.5, 0.6) is 11.5 Å². The van der Waals surface area contributed by atoms with Crippen LogP contribution in [0.2, 0.25) is 5.02 Å². The van der Waals surface area contributed by atoms with Gasteiger partial charge < -0.3 is 18.9 Å². The van der Waals surface area contributed by atoms with Gasteiger partial charge in [0.15, 0.2) is 12.0 Å². The van der Waals surface area contributed by atoms with Crippen molar-refractivity contribution in [3.8, 4) is 17.2 Å². The van der Waals surface area contributed by atoms with E-state index >= 15 is 0 Å². The smallest absolute Gasteiger partial charge is 0.358 e. The van der Waals surface area contributed by atoms with Gasteiger partial charge in [-0.25, -0.2) is 9.48 Å². The van der Waals surface area contributed by atoms with Gasteiger partial charge in [-0.2, -0.15) is 5.10 Å². The summed E-state index contributed by atoms with van der Waals surface area (Å²) in [6, 6.07) is 14.9. The van der Waals surface area contributed by atoms with E-state index in [2.05, 4.69) is 5.10 Å². The van der Waals surface area contributed by atoms with Gasteiger partial charge in [0.25, 0.3) is 0 Å². The molecule has 0 N–H and O–H groups in total. The number of carbonyl (C=O) groups excluding carboxylic acids is 1. The van der Waals surface area contributed by atoms with Crippen LogP contribution in [0, 0.1) is 0 Å². The van der Waals surface area contributed by atoms with Crippen LogP contribution in [0.3, 0.4) is 0 Å². The largest absolute Gasteiger partial charge is 0.494 e. The van der Waals surface area contributed by atoms with Gasteiger partial charge >= 0.3 is 5.97 Å². The zero-order valence-corrected chi connectivity index (χ0v) is 19.5. The Labute approximate surface area is 198 Å². The Balaban J connectivity index is 1.60. The fourth-order valence-corrected chi connectivity index (χ4v) is 3.90. The van der Waals surface area contributed by atoms with E-state index in [1.165, 1.54) is 0 Å². The average molecular weight is 471 g/mol. The van der Waals surface area contributed by atoms with Crippen LogP contribution < -0.4 is 9.47 Å². The Hall–Kier alpha value is -3.03. The van der Waals surface area contributed by atoms with E-state index in [4.69, 9.17) is 30.5 Å². The van der Waals surface area contributed by atoms with Crippen LogP contribution in [-0.2, 0) is 15.9 Å². The molecule has 1 saturated heterocycles. The first-order valence-electron chi connectivity index (χ1n) is 11.0. The van der Waals surface area contributed by atoms with E-state index in [-0.39, 0.29) is 18.6 Å². The minimum Gasteiger partial charge on any atom is -0.494 e. The molecule has 1 aromatic heterocycles. The number of benzene rings is 2. The third kappa shape index (κ3) is 5.67. The second-order valence-electron chi connectivity index (χ2n) is 7.70. The Bertz CT molecular complexity index is 1090. The van der Waals surface area contributed by atoms with Crippen molar-refractivity contribution < 1.29 is 23.7 Å². The van der Waals surface area contributed by atoms with Crippen LogP contribution in [0.15, 0.2) is 48.5 Å². The van der Waals surface area contributed by atoms with Crippen molar-refractivity contribution >= 4 is 17.6 Å². The van der Waals surface area contributed by atoms with Gasteiger partial charge in [-0.15, -0.1) is 0 Å². The number of ether oxygens (including phenoxy) is 4. The van der Waals surface area contributed by atoms with Crippen molar-refractivity contribution in [2.24, 2.45) is 0 Å². The molecule has 7 nitrogen and oxygen atoms in total. The summed E-state index contributed by atoms with van der Waals surface area (Å²) in [5.41, 5.74) is 2.76. The Morgan fingerprint density at radius 1 is 1.18 bits per heavy atom. The predicted molar refractivity (Wildman–Crippen MR) is 125 cm³/mol. The minimum absolute atomic E-state index is 0.185. The molecule has 1 atom stereocenters. The Kier molecular flexibility index (Phi) is 7.52. The van der Waals surface area contributed by atoms with Gasteiger partial charge in [0.05, 0.1) is 20.3 Å². The van der Waals surface area contributed by atoms with Crippen molar-refractivity contribution in [1.82, 2.24) is 9.78 Å². The van der Waals surface area contributed by atoms with E-state index in [0.29, 0.717) is 22.9 Å². The maximum absolute atomic E-state index is 12.4. The summed E-state index contributed by atoms with van der Waals surface area (Å²) in [5.74, 6) is 0.853. The second kappa shape index (κ2) is 10.7. The van der Waals surface area contributed by atoms with Crippen molar-refractivity contribution in [2.75, 3.05) is 20.3 Å². The molecule has 0 aliphatic carbocycles. The van der Waals surface area contributed by atoms with Gasteiger partial charge in [0.1, 0.15) is 17.2 Å². The number of hydrogen-bond acceptors (Lipinski definition) is 6. The lowest BCUT2D eigenvalue weighted by atomic mass is 10.1. The monoisotopic (exact) mass is 470 g/mol. The molecule has 3 aromatic rings. The number of hydrogen-bond donors (Lipinski definition) is 0. The summed E-state index contributed by atoms with van der Waals surface area (Å²) >= 11 is 6.13. The number of esters is 1. The van der Waals surface area contributed by atoms with Gasteiger partial charge in [0.2, 0.25) is 0 Å². The number of methoxy groups -OCH3 is 1. The maximum Gasteiger partial charge on any atom is 0.358 e. The van der Waals surface area contributed by atoms with Gasteiger partial charge in [-0.05, 0) is 55.7 Å². The van der Waals surface area contributed by atoms with Crippen molar-refractivity contribution in [3.63, 3.8) is 0 Å². The fraction of sp³-hybridized carbons (Fsp3) is 0.360. The molecular weight excluding hydrogens is 444 g/mol. The molecule has 4 rings (SSSR count). The highest BCUT2D eigenvalue weighted by Gasteiger charge is 2.19. The number of carbonyl (C=O) groups is 1. The summed E-state index contributed by atoms with van der Waals surface area (Å²) in [7, 11) is 1.57. The van der Waals surface area contributed by atoms with Crippen LogP contribution in [0.1, 0.15) is 47.9 Å². The second-order valence-corrected chi connectivity index (χ2v) is 8.14. The predicted octanol–water partition coefficient (Wildman–Crippen LogP) is 5.21. The summed E-state index contributed by atoms with van der Waals surface area (Å²) < 4.78 is 23.9. The fourth-order valence-electron chi connectivity index (χ4n) is 3.74. The van der Waals surface area contributed by atoms with Crippen molar-refractivity contribution in [3.05, 3.63) is 70.5 Å². The topological polar surface area (TPSA) is 71.8 Å². The lowest BCUT2D eigenvalue weighted by molar-refractivity contribution is -0.105. The highest BCUT2D eigenvalue weighted by atomic mass is 35.5. The number of nitrogens with zero attached hydrogens (tertiary/aromatic N) is 2. The zero-order chi connectivity index (χ0) is 23.2. The molecule has 174 valence electrons. The Morgan fingerprint density at radius 3 is 2.70 bits per heavy atom. The van der Waals surface area contributed by atoms with Gasteiger partial charge in [-0.3, -0.25) is 0 Å². The van der Waals surface area contributed by atoms with E-state index < -0.39 is 5.97 Å². The molecular formula is C25H27ClN2O5. The normalized spacial score (nSPS) is 15.8. The van der Waals surface area contributed by atoms with E-state index in [0.717, 1.165) is 42.9 Å². The van der Waals surface area contributed by atoms with Crippen molar-refractivity contribution in [1.29, 1.82) is 0 Å². The highest BCUT2D eigenvalue weighted by molar-refractivity contribution is 6.30. The van der Waals surface area contributed by atoms with Crippen LogP contribution in [0.4, 0.5) is 0 Å². The molecule has 0 spiro atoms. The summed E-state index contributed by atoms with van der Waals surface area (Å²) in [5, 5.41) is 5.05. The molecule has 1 fully saturated rings. The first kappa shape index (κ1) is 23.1. The van der Waals surface area contributed by atoms with Crippen LogP contribution in [0.25, 0.3) is 5.69 Å². The van der Waals surface area contributed by atoms with Crippen LogP contribution >= 0.6 is 11.6 Å². The summed E-state index contributed by atoms with van der Waals surface area (Å²) in [6.07, 6.45) is 3.46. The third-order valence-electron chi connectivity index (χ3n) is 5.35. The molecule has 1 aliphatic rings. The van der Waals surface area contributed by atoms with Crippen LogP contribution in [-0.4, -0.2) is 42.4 Å². The molecule has 2 aromatic carbocycles. The number of aromatic nitrogens is 2. The molecule has 0 amide bonds. The molecule has 0 bridgehead atoms. The quantitative estimate of drug-likeness (QED) is 0.421. The minimum atomic E-state index is -0.471. The van der Waals surface area contributed by atoms with E-state index in [9.17, 15) is 4.79 Å². The number of halogens is 1. The highest BCUT2D eigenvalue weighted by Crippen LogP contribution is 2.29. The Morgan fingerprint density at radius 2 is 2.00 bits per heavy atom. The molecule has 0 radical (unpaired) electrons. The third-order valence-corrected chi connectivity index (χ3v) is 5.59. The van der Waals surface area contributed by atoms with Gasteiger partial charge in [0, 0.05) is 29.6 Å². The first-order valence-corrected chi connectivity index (χ1v) is 11.4. The lowest BCUT2D eigenvalue weighted by Crippen LogP contribution is -2.24. The summed E-state index contributed by atoms with van der Waals surface area (Å²) in [6.45, 7) is 2.78.